The number of urea groups is 1. The zero-order valence-corrected chi connectivity index (χ0v) is 17.2. The van der Waals surface area contributed by atoms with Crippen molar-refractivity contribution in [3.8, 4) is 23.0 Å². The number of amides is 2. The van der Waals surface area contributed by atoms with E-state index in [-0.39, 0.29) is 11.4 Å². The number of hydrogen-bond acceptors (Lipinski definition) is 6. The van der Waals surface area contributed by atoms with Crippen LogP contribution in [-0.4, -0.2) is 51.7 Å². The molecule has 1 atom stereocenters. The Balaban J connectivity index is 1.84. The highest BCUT2D eigenvalue weighted by Gasteiger charge is 2.33. The lowest BCUT2D eigenvalue weighted by Gasteiger charge is -2.26. The van der Waals surface area contributed by atoms with Gasteiger partial charge in [-0.3, -0.25) is 0 Å². The number of carbonyl (C=O) groups is 1. The Labute approximate surface area is 168 Å². The van der Waals surface area contributed by atoms with Crippen molar-refractivity contribution in [2.45, 2.75) is 5.37 Å². The van der Waals surface area contributed by atoms with Gasteiger partial charge in [0.05, 0.1) is 28.4 Å². The minimum absolute atomic E-state index is 0.169. The molecule has 0 bridgehead atoms. The summed E-state index contributed by atoms with van der Waals surface area (Å²) >= 11 is 1.69. The van der Waals surface area contributed by atoms with E-state index in [0.717, 1.165) is 22.8 Å². The monoisotopic (exact) mass is 404 g/mol. The van der Waals surface area contributed by atoms with Gasteiger partial charge >= 0.3 is 6.03 Å². The summed E-state index contributed by atoms with van der Waals surface area (Å²) in [6, 6.07) is 10.7. The Hall–Kier alpha value is -2.74. The summed E-state index contributed by atoms with van der Waals surface area (Å²) in [5.74, 6) is 3.50. The topological polar surface area (TPSA) is 69.3 Å². The lowest BCUT2D eigenvalue weighted by atomic mass is 10.1. The maximum Gasteiger partial charge on any atom is 0.323 e. The molecule has 150 valence electrons. The van der Waals surface area contributed by atoms with Crippen LogP contribution in [0.1, 0.15) is 10.9 Å². The molecule has 1 saturated heterocycles. The summed E-state index contributed by atoms with van der Waals surface area (Å²) < 4.78 is 21.4. The Bertz CT molecular complexity index is 823. The minimum atomic E-state index is -0.199. The fourth-order valence-corrected chi connectivity index (χ4v) is 4.31. The number of anilines is 1. The SMILES string of the molecule is COc1cc(NC(=O)N2CCS[C@@H]2c2cc(OC)ccc2OC)cc(OC)c1. The number of thioether (sulfide) groups is 1. The molecule has 28 heavy (non-hydrogen) atoms. The van der Waals surface area contributed by atoms with Crippen LogP contribution in [0, 0.1) is 0 Å². The van der Waals surface area contributed by atoms with E-state index < -0.39 is 0 Å². The van der Waals surface area contributed by atoms with Crippen molar-refractivity contribution in [2.75, 3.05) is 46.1 Å². The molecule has 2 amide bonds. The molecule has 2 aromatic carbocycles. The Kier molecular flexibility index (Phi) is 6.41. The van der Waals surface area contributed by atoms with Gasteiger partial charge < -0.3 is 29.2 Å². The summed E-state index contributed by atoms with van der Waals surface area (Å²) in [6.07, 6.45) is 0. The van der Waals surface area contributed by atoms with E-state index in [0.29, 0.717) is 23.7 Å². The number of rotatable bonds is 6. The molecule has 1 aliphatic heterocycles. The van der Waals surface area contributed by atoms with E-state index in [1.807, 2.05) is 18.2 Å². The van der Waals surface area contributed by atoms with Gasteiger partial charge in [-0.05, 0) is 18.2 Å². The number of hydrogen-bond donors (Lipinski definition) is 1. The molecule has 1 fully saturated rings. The van der Waals surface area contributed by atoms with Crippen molar-refractivity contribution in [3.63, 3.8) is 0 Å². The maximum atomic E-state index is 13.0. The van der Waals surface area contributed by atoms with Gasteiger partial charge in [-0.25, -0.2) is 4.79 Å². The third-order valence-corrected chi connectivity index (χ3v) is 5.70. The van der Waals surface area contributed by atoms with Gasteiger partial charge in [0.15, 0.2) is 0 Å². The number of ether oxygens (including phenoxy) is 4. The van der Waals surface area contributed by atoms with Crippen molar-refractivity contribution in [1.29, 1.82) is 0 Å². The van der Waals surface area contributed by atoms with Crippen LogP contribution in [0.15, 0.2) is 36.4 Å². The highest BCUT2D eigenvalue weighted by molar-refractivity contribution is 7.99. The fraction of sp³-hybridized carbons (Fsp3) is 0.350. The zero-order valence-electron chi connectivity index (χ0n) is 16.4. The molecule has 0 saturated carbocycles. The first-order chi connectivity index (χ1) is 13.6. The predicted molar refractivity (Wildman–Crippen MR) is 110 cm³/mol. The normalized spacial score (nSPS) is 15.9. The molecule has 1 N–H and O–H groups in total. The van der Waals surface area contributed by atoms with E-state index in [1.165, 1.54) is 0 Å². The summed E-state index contributed by atoms with van der Waals surface area (Å²) in [6.45, 7) is 0.628. The van der Waals surface area contributed by atoms with Crippen LogP contribution in [0.2, 0.25) is 0 Å². The van der Waals surface area contributed by atoms with E-state index in [1.54, 1.807) is 63.3 Å². The van der Waals surface area contributed by atoms with Crippen LogP contribution < -0.4 is 24.3 Å². The van der Waals surface area contributed by atoms with Crippen LogP contribution >= 0.6 is 11.8 Å². The maximum absolute atomic E-state index is 13.0. The van der Waals surface area contributed by atoms with Crippen LogP contribution in [0.5, 0.6) is 23.0 Å². The quantitative estimate of drug-likeness (QED) is 0.785. The number of methoxy groups -OCH3 is 4. The number of benzene rings is 2. The average Bonchev–Trinajstić information content (AvgIpc) is 3.22. The molecule has 0 radical (unpaired) electrons. The molecule has 1 heterocycles. The fourth-order valence-electron chi connectivity index (χ4n) is 3.04. The molecule has 1 aliphatic rings. The summed E-state index contributed by atoms with van der Waals surface area (Å²) in [5, 5.41) is 2.77. The third-order valence-electron chi connectivity index (χ3n) is 4.46. The van der Waals surface area contributed by atoms with Crippen LogP contribution in [-0.2, 0) is 0 Å². The van der Waals surface area contributed by atoms with Gasteiger partial charge in [-0.2, -0.15) is 0 Å². The highest BCUT2D eigenvalue weighted by Crippen LogP contribution is 2.43. The molecule has 0 unspecified atom stereocenters. The van der Waals surface area contributed by atoms with Gasteiger partial charge in [-0.1, -0.05) is 0 Å². The number of carbonyl (C=O) groups excluding carboxylic acids is 1. The first-order valence-electron chi connectivity index (χ1n) is 8.73. The lowest BCUT2D eigenvalue weighted by Crippen LogP contribution is -2.34. The lowest BCUT2D eigenvalue weighted by molar-refractivity contribution is 0.213. The molecular formula is C20H24N2O5S. The predicted octanol–water partition coefficient (Wildman–Crippen LogP) is 4.00. The second kappa shape index (κ2) is 8.97. The first kappa shape index (κ1) is 20.0. The number of nitrogens with zero attached hydrogens (tertiary/aromatic N) is 1. The number of nitrogens with one attached hydrogen (secondary N) is 1. The van der Waals surface area contributed by atoms with Gasteiger partial charge in [0.25, 0.3) is 0 Å². The molecule has 3 rings (SSSR count). The third kappa shape index (κ3) is 4.22. The smallest absolute Gasteiger partial charge is 0.323 e. The zero-order chi connectivity index (χ0) is 20.1. The standard InChI is InChI=1S/C20H24N2O5S/c1-24-14-5-6-18(27-4)17(12-14)19-22(7-8-28-19)20(23)21-13-9-15(25-2)11-16(10-13)26-3/h5-6,9-12,19H,7-8H2,1-4H3,(H,21,23)/t19-/m1/s1. The highest BCUT2D eigenvalue weighted by atomic mass is 32.2. The van der Waals surface area contributed by atoms with E-state index in [4.69, 9.17) is 18.9 Å². The molecule has 0 aliphatic carbocycles. The second-order valence-electron chi connectivity index (χ2n) is 6.06. The van der Waals surface area contributed by atoms with E-state index in [2.05, 4.69) is 5.32 Å². The van der Waals surface area contributed by atoms with E-state index >= 15 is 0 Å². The van der Waals surface area contributed by atoms with Crippen molar-refractivity contribution < 1.29 is 23.7 Å². The van der Waals surface area contributed by atoms with Gasteiger partial charge in [0.2, 0.25) is 0 Å². The van der Waals surface area contributed by atoms with E-state index in [9.17, 15) is 4.79 Å². The van der Waals surface area contributed by atoms with Gasteiger partial charge in [0.1, 0.15) is 28.4 Å². The van der Waals surface area contributed by atoms with Crippen molar-refractivity contribution >= 4 is 23.5 Å². The van der Waals surface area contributed by atoms with Crippen LogP contribution in [0.25, 0.3) is 0 Å². The minimum Gasteiger partial charge on any atom is -0.497 e. The Morgan fingerprint density at radius 1 is 0.964 bits per heavy atom. The van der Waals surface area contributed by atoms with Crippen molar-refractivity contribution in [3.05, 3.63) is 42.0 Å². The van der Waals surface area contributed by atoms with Gasteiger partial charge in [-0.15, -0.1) is 11.8 Å². The van der Waals surface area contributed by atoms with Crippen molar-refractivity contribution in [1.82, 2.24) is 4.90 Å². The summed E-state index contributed by atoms with van der Waals surface area (Å²) in [5.41, 5.74) is 1.51. The first-order valence-corrected chi connectivity index (χ1v) is 9.78. The molecule has 2 aromatic rings. The summed E-state index contributed by atoms with van der Waals surface area (Å²) in [4.78, 5) is 14.8. The Morgan fingerprint density at radius 2 is 1.64 bits per heavy atom. The van der Waals surface area contributed by atoms with Crippen LogP contribution in [0.3, 0.4) is 0 Å². The van der Waals surface area contributed by atoms with Crippen molar-refractivity contribution in [2.24, 2.45) is 0 Å². The second-order valence-corrected chi connectivity index (χ2v) is 7.24. The molecule has 8 heteroatoms. The molecular weight excluding hydrogens is 380 g/mol. The van der Waals surface area contributed by atoms with Gasteiger partial charge in [0, 0.05) is 41.7 Å². The molecule has 0 aromatic heterocycles. The Morgan fingerprint density at radius 3 is 2.25 bits per heavy atom. The average molecular weight is 404 g/mol. The van der Waals surface area contributed by atoms with Crippen LogP contribution in [0.4, 0.5) is 10.5 Å². The molecule has 7 nitrogen and oxygen atoms in total. The molecule has 0 spiro atoms. The summed E-state index contributed by atoms with van der Waals surface area (Å²) in [7, 11) is 6.39. The largest absolute Gasteiger partial charge is 0.497 e.